The van der Waals surface area contributed by atoms with Crippen LogP contribution in [0, 0.1) is 23.2 Å². The quantitative estimate of drug-likeness (QED) is 0.435. The van der Waals surface area contributed by atoms with Crippen LogP contribution < -0.4 is 15.4 Å². The van der Waals surface area contributed by atoms with Crippen molar-refractivity contribution in [1.29, 1.82) is 5.26 Å². The molecule has 0 atom stereocenters. The number of hydrogen-bond acceptors (Lipinski definition) is 6. The summed E-state index contributed by atoms with van der Waals surface area (Å²) >= 11 is 0. The Morgan fingerprint density at radius 1 is 0.941 bits per heavy atom. The van der Waals surface area contributed by atoms with Crippen LogP contribution in [0.15, 0.2) is 73.1 Å². The van der Waals surface area contributed by atoms with Crippen LogP contribution in [-0.4, -0.2) is 21.8 Å². The van der Waals surface area contributed by atoms with E-state index >= 15 is 0 Å². The van der Waals surface area contributed by atoms with Gasteiger partial charge in [0.25, 0.3) is 11.8 Å². The highest BCUT2D eigenvalue weighted by molar-refractivity contribution is 6.05. The number of hydrogen-bond donors (Lipinski definition) is 2. The van der Waals surface area contributed by atoms with Gasteiger partial charge in [0.1, 0.15) is 17.3 Å². The Kier molecular flexibility index (Phi) is 6.43. The number of benzene rings is 2. The third kappa shape index (κ3) is 5.16. The molecule has 2 amide bonds. The number of rotatable bonds is 5. The van der Waals surface area contributed by atoms with Crippen molar-refractivity contribution in [2.24, 2.45) is 0 Å². The van der Waals surface area contributed by atoms with E-state index in [1.165, 1.54) is 12.3 Å². The number of nitriles is 1. The van der Waals surface area contributed by atoms with Gasteiger partial charge in [-0.25, -0.2) is 4.98 Å². The fourth-order valence-corrected chi connectivity index (χ4v) is 3.12. The molecule has 0 radical (unpaired) electrons. The number of amides is 2. The van der Waals surface area contributed by atoms with Crippen LogP contribution in [-0.2, 0) is 4.79 Å². The lowest BCUT2D eigenvalue weighted by Gasteiger charge is -2.11. The van der Waals surface area contributed by atoms with Gasteiger partial charge in [-0.3, -0.25) is 14.6 Å². The number of carbonyl (C=O) groups is 2. The molecule has 4 rings (SSSR count). The number of anilines is 2. The van der Waals surface area contributed by atoms with Crippen LogP contribution in [0.2, 0.25) is 0 Å². The molecule has 34 heavy (non-hydrogen) atoms. The van der Waals surface area contributed by atoms with Crippen LogP contribution in [0.4, 0.5) is 11.5 Å². The van der Waals surface area contributed by atoms with Gasteiger partial charge in [-0.15, -0.1) is 0 Å². The molecule has 2 N–H and O–H groups in total. The van der Waals surface area contributed by atoms with Gasteiger partial charge in [0.05, 0.1) is 17.1 Å². The molecule has 0 aliphatic rings. The molecule has 2 aromatic carbocycles. The number of fused-ring (bicyclic) bond motifs is 1. The molecule has 0 aliphatic heterocycles. The fourth-order valence-electron chi connectivity index (χ4n) is 3.12. The van der Waals surface area contributed by atoms with Gasteiger partial charge in [0, 0.05) is 29.0 Å². The third-order valence-electron chi connectivity index (χ3n) is 4.67. The Morgan fingerprint density at radius 3 is 2.50 bits per heavy atom. The summed E-state index contributed by atoms with van der Waals surface area (Å²) in [5, 5.41) is 15.1. The highest BCUT2D eigenvalue weighted by Crippen LogP contribution is 2.31. The summed E-state index contributed by atoms with van der Waals surface area (Å²) < 4.78 is 6.02. The van der Waals surface area contributed by atoms with Gasteiger partial charge >= 0.3 is 0 Å². The first-order valence-corrected chi connectivity index (χ1v) is 10.1. The van der Waals surface area contributed by atoms with Crippen molar-refractivity contribution in [1.82, 2.24) is 9.97 Å². The van der Waals surface area contributed by atoms with Crippen LogP contribution in [0.5, 0.6) is 11.5 Å². The Balaban J connectivity index is 1.51. The number of carbonyl (C=O) groups excluding carboxylic acids is 2. The van der Waals surface area contributed by atoms with Crippen LogP contribution >= 0.6 is 0 Å². The first-order chi connectivity index (χ1) is 16.6. The van der Waals surface area contributed by atoms with Gasteiger partial charge in [0.2, 0.25) is 0 Å². The summed E-state index contributed by atoms with van der Waals surface area (Å²) in [6.07, 6.45) is 3.08. The highest BCUT2D eigenvalue weighted by Gasteiger charge is 2.10. The molecule has 8 nitrogen and oxygen atoms in total. The van der Waals surface area contributed by atoms with Crippen LogP contribution in [0.1, 0.15) is 22.8 Å². The molecular weight excluding hydrogens is 430 g/mol. The summed E-state index contributed by atoms with van der Waals surface area (Å²) in [7, 11) is 0. The minimum atomic E-state index is -0.406. The number of aromatic nitrogens is 2. The van der Waals surface area contributed by atoms with Crippen molar-refractivity contribution >= 4 is 34.2 Å². The van der Waals surface area contributed by atoms with E-state index in [9.17, 15) is 9.59 Å². The molecule has 0 saturated heterocycles. The molecule has 0 saturated carbocycles. The number of nitrogens with one attached hydrogen (secondary N) is 2. The van der Waals surface area contributed by atoms with Crippen molar-refractivity contribution in [2.45, 2.75) is 6.92 Å². The molecule has 0 aliphatic carbocycles. The summed E-state index contributed by atoms with van der Waals surface area (Å²) in [4.78, 5) is 32.7. The molecule has 2 heterocycles. The predicted octanol–water partition coefficient (Wildman–Crippen LogP) is 4.51. The molecule has 8 heteroatoms. The number of pyridine rings is 2. The normalized spacial score (nSPS) is 9.88. The van der Waals surface area contributed by atoms with E-state index in [0.717, 1.165) is 0 Å². The lowest BCUT2D eigenvalue weighted by atomic mass is 10.1. The first kappa shape index (κ1) is 22.0. The van der Waals surface area contributed by atoms with E-state index in [1.807, 2.05) is 6.07 Å². The largest absolute Gasteiger partial charge is 0.457 e. The third-order valence-corrected chi connectivity index (χ3v) is 4.67. The van der Waals surface area contributed by atoms with E-state index in [0.29, 0.717) is 45.0 Å². The zero-order valence-electron chi connectivity index (χ0n) is 18.0. The topological polar surface area (TPSA) is 117 Å². The van der Waals surface area contributed by atoms with Gasteiger partial charge in [-0.2, -0.15) is 5.26 Å². The minimum absolute atomic E-state index is 0.292. The van der Waals surface area contributed by atoms with Crippen molar-refractivity contribution in [3.05, 3.63) is 84.2 Å². The van der Waals surface area contributed by atoms with E-state index in [1.54, 1.807) is 67.7 Å². The number of ether oxygens (including phenoxy) is 1. The maximum Gasteiger partial charge on any atom is 0.300 e. The minimum Gasteiger partial charge on any atom is -0.457 e. The second kappa shape index (κ2) is 9.94. The standard InChI is InChI=1S/C26H17N5O3/c1-2-3-25(32)30-19-6-9-22-21(15-19)23(11-13-28-22)34-20-7-4-18(5-8-20)26(33)31-24-14-17(16-27)10-12-29-24/h4-15H,1H3,(H,30,32)(H,29,31,33). The van der Waals surface area contributed by atoms with E-state index in [2.05, 4.69) is 32.4 Å². The molecule has 0 spiro atoms. The molecule has 0 fully saturated rings. The van der Waals surface area contributed by atoms with E-state index in [-0.39, 0.29) is 5.91 Å². The Labute approximate surface area is 195 Å². The smallest absolute Gasteiger partial charge is 0.300 e. The second-order valence-electron chi connectivity index (χ2n) is 6.99. The van der Waals surface area contributed by atoms with Gasteiger partial charge in [-0.1, -0.05) is 5.92 Å². The van der Waals surface area contributed by atoms with Gasteiger partial charge < -0.3 is 15.4 Å². The Bertz CT molecular complexity index is 1500. The van der Waals surface area contributed by atoms with E-state index in [4.69, 9.17) is 10.00 Å². The van der Waals surface area contributed by atoms with Crippen molar-refractivity contribution < 1.29 is 14.3 Å². The lowest BCUT2D eigenvalue weighted by molar-refractivity contribution is -0.111. The maximum atomic E-state index is 12.5. The van der Waals surface area contributed by atoms with Crippen molar-refractivity contribution in [2.75, 3.05) is 10.6 Å². The average molecular weight is 447 g/mol. The zero-order chi connectivity index (χ0) is 23.9. The molecule has 0 unspecified atom stereocenters. The van der Waals surface area contributed by atoms with Crippen molar-refractivity contribution in [3.63, 3.8) is 0 Å². The van der Waals surface area contributed by atoms with Crippen LogP contribution in [0.25, 0.3) is 10.9 Å². The highest BCUT2D eigenvalue weighted by atomic mass is 16.5. The Morgan fingerprint density at radius 2 is 1.74 bits per heavy atom. The summed E-state index contributed by atoms with van der Waals surface area (Å²) in [6, 6.07) is 18.6. The van der Waals surface area contributed by atoms with E-state index < -0.39 is 5.91 Å². The maximum absolute atomic E-state index is 12.5. The molecule has 4 aromatic rings. The summed E-state index contributed by atoms with van der Waals surface area (Å²) in [6.45, 7) is 1.59. The average Bonchev–Trinajstić information content (AvgIpc) is 2.85. The predicted molar refractivity (Wildman–Crippen MR) is 127 cm³/mol. The molecule has 0 bridgehead atoms. The number of nitrogens with zero attached hydrogens (tertiary/aromatic N) is 3. The summed E-state index contributed by atoms with van der Waals surface area (Å²) in [5.41, 5.74) is 2.07. The molecule has 164 valence electrons. The first-order valence-electron chi connectivity index (χ1n) is 10.1. The molecular formula is C26H17N5O3. The molecule has 2 aromatic heterocycles. The van der Waals surface area contributed by atoms with Gasteiger partial charge in [0.15, 0.2) is 0 Å². The van der Waals surface area contributed by atoms with Crippen LogP contribution in [0.3, 0.4) is 0 Å². The van der Waals surface area contributed by atoms with Crippen molar-refractivity contribution in [3.8, 4) is 29.4 Å². The monoisotopic (exact) mass is 447 g/mol. The Hall–Kier alpha value is -5.21. The summed E-state index contributed by atoms with van der Waals surface area (Å²) in [5.74, 6) is 5.57. The fraction of sp³-hybridized carbons (Fsp3) is 0.0385. The lowest BCUT2D eigenvalue weighted by Crippen LogP contribution is -2.12. The zero-order valence-corrected chi connectivity index (χ0v) is 18.0. The van der Waals surface area contributed by atoms with Gasteiger partial charge in [-0.05, 0) is 73.5 Å². The second-order valence-corrected chi connectivity index (χ2v) is 6.99. The SMILES string of the molecule is CC#CC(=O)Nc1ccc2nccc(Oc3ccc(C(=O)Nc4cc(C#N)ccn4)cc3)c2c1.